The third kappa shape index (κ3) is 4.72. The van der Waals surface area contributed by atoms with Crippen LogP contribution in [0.25, 0.3) is 0 Å². The molecule has 3 rings (SSSR count). The molecular formula is C20H38N2O2. The highest BCUT2D eigenvalue weighted by Crippen LogP contribution is 2.34. The molecule has 3 heterocycles. The van der Waals surface area contributed by atoms with Gasteiger partial charge in [-0.15, -0.1) is 0 Å². The van der Waals surface area contributed by atoms with Crippen LogP contribution in [0.5, 0.6) is 0 Å². The van der Waals surface area contributed by atoms with E-state index >= 15 is 0 Å². The average Bonchev–Trinajstić information content (AvgIpc) is 3.17. The third-order valence-electron chi connectivity index (χ3n) is 6.19. The van der Waals surface area contributed by atoms with Crippen molar-refractivity contribution in [1.29, 1.82) is 0 Å². The summed E-state index contributed by atoms with van der Waals surface area (Å²) < 4.78 is 11.8. The summed E-state index contributed by atoms with van der Waals surface area (Å²) in [6.45, 7) is 15.9. The van der Waals surface area contributed by atoms with Crippen molar-refractivity contribution in [3.05, 3.63) is 0 Å². The van der Waals surface area contributed by atoms with E-state index in [1.54, 1.807) is 0 Å². The number of rotatable bonds is 5. The van der Waals surface area contributed by atoms with Gasteiger partial charge in [-0.05, 0) is 43.6 Å². The van der Waals surface area contributed by atoms with E-state index in [-0.39, 0.29) is 5.41 Å². The Morgan fingerprint density at radius 1 is 1.08 bits per heavy atom. The quantitative estimate of drug-likeness (QED) is 0.836. The lowest BCUT2D eigenvalue weighted by molar-refractivity contribution is 0.00526. The second-order valence-electron chi connectivity index (χ2n) is 9.38. The SMILES string of the molecule is C[C@@H]1CN(C[C@H]2CCCO2)CC[C@H]1NC[C@H]1CCO[C@@H]1C(C)(C)C. The van der Waals surface area contributed by atoms with Crippen molar-refractivity contribution in [2.75, 3.05) is 39.4 Å². The topological polar surface area (TPSA) is 33.7 Å². The van der Waals surface area contributed by atoms with Crippen LogP contribution in [-0.2, 0) is 9.47 Å². The zero-order valence-corrected chi connectivity index (χ0v) is 16.2. The smallest absolute Gasteiger partial charge is 0.0702 e. The number of nitrogens with zero attached hydrogens (tertiary/aromatic N) is 1. The first-order valence-electron chi connectivity index (χ1n) is 10.1. The first-order chi connectivity index (χ1) is 11.4. The van der Waals surface area contributed by atoms with Crippen molar-refractivity contribution in [3.8, 4) is 0 Å². The van der Waals surface area contributed by atoms with Gasteiger partial charge in [-0.25, -0.2) is 0 Å². The van der Waals surface area contributed by atoms with Crippen LogP contribution in [-0.4, -0.2) is 62.5 Å². The molecule has 140 valence electrons. The molecule has 24 heavy (non-hydrogen) atoms. The van der Waals surface area contributed by atoms with Gasteiger partial charge in [0.15, 0.2) is 0 Å². The van der Waals surface area contributed by atoms with E-state index in [0.29, 0.717) is 24.2 Å². The van der Waals surface area contributed by atoms with E-state index in [1.807, 2.05) is 0 Å². The van der Waals surface area contributed by atoms with Gasteiger partial charge in [-0.3, -0.25) is 0 Å². The number of piperidine rings is 1. The number of ether oxygens (including phenoxy) is 2. The molecule has 3 saturated heterocycles. The Morgan fingerprint density at radius 3 is 2.58 bits per heavy atom. The van der Waals surface area contributed by atoms with Gasteiger partial charge < -0.3 is 19.7 Å². The van der Waals surface area contributed by atoms with Gasteiger partial charge >= 0.3 is 0 Å². The van der Waals surface area contributed by atoms with Gasteiger partial charge in [0.05, 0.1) is 12.2 Å². The van der Waals surface area contributed by atoms with E-state index in [9.17, 15) is 0 Å². The molecule has 0 amide bonds. The summed E-state index contributed by atoms with van der Waals surface area (Å²) in [5.41, 5.74) is 0.249. The largest absolute Gasteiger partial charge is 0.377 e. The monoisotopic (exact) mass is 338 g/mol. The van der Waals surface area contributed by atoms with Crippen LogP contribution in [0, 0.1) is 17.3 Å². The van der Waals surface area contributed by atoms with Gasteiger partial charge in [-0.1, -0.05) is 27.7 Å². The molecule has 1 N–H and O–H groups in total. The summed E-state index contributed by atoms with van der Waals surface area (Å²) in [4.78, 5) is 2.62. The molecule has 4 nitrogen and oxygen atoms in total. The first-order valence-corrected chi connectivity index (χ1v) is 10.1. The summed E-state index contributed by atoms with van der Waals surface area (Å²) in [6.07, 6.45) is 5.87. The van der Waals surface area contributed by atoms with Crippen molar-refractivity contribution in [2.45, 2.75) is 71.6 Å². The molecule has 0 radical (unpaired) electrons. The number of likely N-dealkylation sites (tertiary alicyclic amines) is 1. The van der Waals surface area contributed by atoms with Crippen molar-refractivity contribution < 1.29 is 9.47 Å². The lowest BCUT2D eigenvalue weighted by atomic mass is 9.81. The highest BCUT2D eigenvalue weighted by Gasteiger charge is 2.38. The molecule has 3 aliphatic rings. The molecule has 4 heteroatoms. The molecule has 0 bridgehead atoms. The van der Waals surface area contributed by atoms with Crippen LogP contribution < -0.4 is 5.32 Å². The van der Waals surface area contributed by atoms with Crippen LogP contribution in [0.15, 0.2) is 0 Å². The van der Waals surface area contributed by atoms with Gasteiger partial charge in [0.25, 0.3) is 0 Å². The highest BCUT2D eigenvalue weighted by atomic mass is 16.5. The molecule has 0 aromatic rings. The summed E-state index contributed by atoms with van der Waals surface area (Å²) >= 11 is 0. The molecule has 0 aromatic carbocycles. The van der Waals surface area contributed by atoms with Crippen molar-refractivity contribution in [1.82, 2.24) is 10.2 Å². The zero-order chi connectivity index (χ0) is 17.2. The normalized spacial score (nSPS) is 38.8. The molecule has 3 fully saturated rings. The fourth-order valence-corrected chi connectivity index (χ4v) is 4.88. The Bertz CT molecular complexity index is 390. The summed E-state index contributed by atoms with van der Waals surface area (Å²) in [7, 11) is 0. The standard InChI is InChI=1S/C20H38N2O2/c1-15-13-22(14-17-6-5-10-23-17)9-7-18(15)21-12-16-8-11-24-19(16)20(2,3)4/h15-19,21H,5-14H2,1-4H3/t15-,16-,17-,18-,19+/m1/s1. The highest BCUT2D eigenvalue weighted by molar-refractivity contribution is 4.90. The maximum absolute atomic E-state index is 6.03. The van der Waals surface area contributed by atoms with Crippen molar-refractivity contribution >= 4 is 0 Å². The van der Waals surface area contributed by atoms with E-state index in [1.165, 1.54) is 38.8 Å². The molecule has 0 saturated carbocycles. The van der Waals surface area contributed by atoms with Gasteiger partial charge in [0.2, 0.25) is 0 Å². The summed E-state index contributed by atoms with van der Waals surface area (Å²) in [5.74, 6) is 1.39. The fourth-order valence-electron chi connectivity index (χ4n) is 4.88. The Hall–Kier alpha value is -0.160. The maximum Gasteiger partial charge on any atom is 0.0702 e. The minimum Gasteiger partial charge on any atom is -0.377 e. The molecule has 5 atom stereocenters. The van der Waals surface area contributed by atoms with Crippen LogP contribution in [0.3, 0.4) is 0 Å². The van der Waals surface area contributed by atoms with Crippen LogP contribution in [0.2, 0.25) is 0 Å². The first kappa shape index (κ1) is 18.6. The maximum atomic E-state index is 6.03. The van der Waals surface area contributed by atoms with Crippen molar-refractivity contribution in [2.24, 2.45) is 17.3 Å². The minimum atomic E-state index is 0.249. The molecule has 0 unspecified atom stereocenters. The lowest BCUT2D eigenvalue weighted by Crippen LogP contribution is -2.51. The molecule has 3 aliphatic heterocycles. The predicted molar refractivity (Wildman–Crippen MR) is 98.3 cm³/mol. The fraction of sp³-hybridized carbons (Fsp3) is 1.00. The summed E-state index contributed by atoms with van der Waals surface area (Å²) in [5, 5.41) is 3.89. The number of hydrogen-bond donors (Lipinski definition) is 1. The lowest BCUT2D eigenvalue weighted by Gasteiger charge is -2.39. The van der Waals surface area contributed by atoms with E-state index in [4.69, 9.17) is 9.47 Å². The Kier molecular flexibility index (Phi) is 6.23. The molecular weight excluding hydrogens is 300 g/mol. The molecule has 0 aliphatic carbocycles. The second kappa shape index (κ2) is 8.03. The van der Waals surface area contributed by atoms with Gasteiger partial charge in [0.1, 0.15) is 0 Å². The van der Waals surface area contributed by atoms with E-state index in [0.717, 1.165) is 32.2 Å². The zero-order valence-electron chi connectivity index (χ0n) is 16.2. The Balaban J connectivity index is 1.42. The molecule has 0 aromatic heterocycles. The Morgan fingerprint density at radius 2 is 1.92 bits per heavy atom. The second-order valence-corrected chi connectivity index (χ2v) is 9.38. The number of hydrogen-bond acceptors (Lipinski definition) is 4. The minimum absolute atomic E-state index is 0.249. The van der Waals surface area contributed by atoms with E-state index in [2.05, 4.69) is 37.9 Å². The Labute approximate surface area is 148 Å². The number of nitrogens with one attached hydrogen (secondary N) is 1. The average molecular weight is 339 g/mol. The summed E-state index contributed by atoms with van der Waals surface area (Å²) in [6, 6.07) is 0.659. The third-order valence-corrected chi connectivity index (χ3v) is 6.19. The van der Waals surface area contributed by atoms with Crippen LogP contribution >= 0.6 is 0 Å². The molecule has 0 spiro atoms. The van der Waals surface area contributed by atoms with Gasteiger partial charge in [0, 0.05) is 44.8 Å². The predicted octanol–water partition coefficient (Wildman–Crippen LogP) is 2.92. The van der Waals surface area contributed by atoms with Crippen LogP contribution in [0.1, 0.15) is 53.4 Å². The van der Waals surface area contributed by atoms with E-state index < -0.39 is 0 Å². The van der Waals surface area contributed by atoms with Gasteiger partial charge in [-0.2, -0.15) is 0 Å². The van der Waals surface area contributed by atoms with Crippen molar-refractivity contribution in [3.63, 3.8) is 0 Å². The van der Waals surface area contributed by atoms with Crippen LogP contribution in [0.4, 0.5) is 0 Å².